The predicted octanol–water partition coefficient (Wildman–Crippen LogP) is 1.10. The molecule has 1 amide bonds. The Bertz CT molecular complexity index is 493. The number of ether oxygens (including phenoxy) is 1. The van der Waals surface area contributed by atoms with Crippen LogP contribution in [0.3, 0.4) is 0 Å². The molecule has 0 aromatic carbocycles. The molecule has 2 N–H and O–H groups in total. The maximum absolute atomic E-state index is 12.0. The van der Waals surface area contributed by atoms with Crippen molar-refractivity contribution in [2.24, 2.45) is 7.05 Å². The van der Waals surface area contributed by atoms with Crippen LogP contribution in [0.15, 0.2) is 6.20 Å². The first-order valence-electron chi connectivity index (χ1n) is 7.73. The van der Waals surface area contributed by atoms with E-state index < -0.39 is 5.60 Å². The third-order valence-electron chi connectivity index (χ3n) is 3.78. The van der Waals surface area contributed by atoms with Crippen LogP contribution in [0.5, 0.6) is 0 Å². The van der Waals surface area contributed by atoms with Gasteiger partial charge in [-0.25, -0.2) is 4.79 Å². The van der Waals surface area contributed by atoms with E-state index in [1.54, 1.807) is 11.1 Å². The van der Waals surface area contributed by atoms with E-state index >= 15 is 0 Å². The van der Waals surface area contributed by atoms with Gasteiger partial charge in [-0.2, -0.15) is 5.10 Å². The maximum atomic E-state index is 12.0. The zero-order valence-corrected chi connectivity index (χ0v) is 14.0. The highest BCUT2D eigenvalue weighted by atomic mass is 16.6. The van der Waals surface area contributed by atoms with E-state index in [1.165, 1.54) is 0 Å². The highest BCUT2D eigenvalue weighted by molar-refractivity contribution is 5.68. The zero-order chi connectivity index (χ0) is 16.3. The number of nitrogens with zero attached hydrogens (tertiary/aromatic N) is 4. The van der Waals surface area contributed by atoms with Gasteiger partial charge in [0.2, 0.25) is 0 Å². The Labute approximate surface area is 132 Å². The Morgan fingerprint density at radius 3 is 2.45 bits per heavy atom. The average molecular weight is 309 g/mol. The fourth-order valence-electron chi connectivity index (χ4n) is 2.53. The molecule has 1 saturated heterocycles. The quantitative estimate of drug-likeness (QED) is 0.904. The molecule has 2 rings (SSSR count). The molecule has 2 heterocycles. The molecule has 0 unspecified atom stereocenters. The number of nitrogens with two attached hydrogens (primary N) is 1. The smallest absolute Gasteiger partial charge is 0.410 e. The number of amides is 1. The molecule has 1 fully saturated rings. The van der Waals surface area contributed by atoms with Gasteiger partial charge in [0.05, 0.1) is 17.6 Å². The lowest BCUT2D eigenvalue weighted by molar-refractivity contribution is 0.0146. The molecule has 0 atom stereocenters. The van der Waals surface area contributed by atoms with Crippen LogP contribution in [0.4, 0.5) is 10.5 Å². The highest BCUT2D eigenvalue weighted by Gasteiger charge is 2.25. The van der Waals surface area contributed by atoms with Crippen LogP contribution < -0.4 is 5.73 Å². The SMILES string of the molecule is Cn1ncc(N)c1CCN1CCN(C(=O)OC(C)(C)C)CC1. The van der Waals surface area contributed by atoms with E-state index in [1.807, 2.05) is 32.5 Å². The monoisotopic (exact) mass is 309 g/mol. The van der Waals surface area contributed by atoms with Gasteiger partial charge in [-0.3, -0.25) is 9.58 Å². The fraction of sp³-hybridized carbons (Fsp3) is 0.733. The van der Waals surface area contributed by atoms with Crippen molar-refractivity contribution >= 4 is 11.8 Å². The van der Waals surface area contributed by atoms with Crippen LogP contribution in [-0.4, -0.2) is 64.0 Å². The van der Waals surface area contributed by atoms with E-state index in [0.29, 0.717) is 13.1 Å². The number of anilines is 1. The van der Waals surface area contributed by atoms with Crippen molar-refractivity contribution in [1.29, 1.82) is 0 Å². The highest BCUT2D eigenvalue weighted by Crippen LogP contribution is 2.14. The first kappa shape index (κ1) is 16.6. The lowest BCUT2D eigenvalue weighted by Gasteiger charge is -2.35. The largest absolute Gasteiger partial charge is 0.444 e. The van der Waals surface area contributed by atoms with Crippen LogP contribution in [0, 0.1) is 0 Å². The second kappa shape index (κ2) is 6.56. The van der Waals surface area contributed by atoms with Crippen LogP contribution in [0.2, 0.25) is 0 Å². The molecule has 1 aromatic heterocycles. The number of carbonyl (C=O) groups excluding carboxylic acids is 1. The van der Waals surface area contributed by atoms with E-state index in [2.05, 4.69) is 10.00 Å². The molecular weight excluding hydrogens is 282 g/mol. The molecule has 7 heteroatoms. The first-order valence-corrected chi connectivity index (χ1v) is 7.73. The topological polar surface area (TPSA) is 76.6 Å². The average Bonchev–Trinajstić information content (AvgIpc) is 2.74. The summed E-state index contributed by atoms with van der Waals surface area (Å²) in [6.07, 6.45) is 2.34. The summed E-state index contributed by atoms with van der Waals surface area (Å²) in [6.45, 7) is 9.71. The summed E-state index contributed by atoms with van der Waals surface area (Å²) in [5, 5.41) is 4.15. The Morgan fingerprint density at radius 2 is 1.95 bits per heavy atom. The van der Waals surface area contributed by atoms with Crippen LogP contribution in [-0.2, 0) is 18.2 Å². The van der Waals surface area contributed by atoms with E-state index in [9.17, 15) is 4.79 Å². The summed E-state index contributed by atoms with van der Waals surface area (Å²) in [6, 6.07) is 0. The van der Waals surface area contributed by atoms with Gasteiger partial charge < -0.3 is 15.4 Å². The van der Waals surface area contributed by atoms with Crippen LogP contribution in [0.1, 0.15) is 26.5 Å². The Balaban J connectivity index is 1.77. The number of hydrogen-bond donors (Lipinski definition) is 1. The number of piperazine rings is 1. The van der Waals surface area contributed by atoms with Crippen molar-refractivity contribution < 1.29 is 9.53 Å². The van der Waals surface area contributed by atoms with Gasteiger partial charge in [-0.05, 0) is 20.8 Å². The summed E-state index contributed by atoms with van der Waals surface area (Å²) in [5.41, 5.74) is 7.28. The molecule has 0 spiro atoms. The molecule has 124 valence electrons. The minimum Gasteiger partial charge on any atom is -0.444 e. The van der Waals surface area contributed by atoms with Gasteiger partial charge in [0, 0.05) is 46.2 Å². The minimum absolute atomic E-state index is 0.219. The maximum Gasteiger partial charge on any atom is 0.410 e. The van der Waals surface area contributed by atoms with Crippen molar-refractivity contribution in [3.63, 3.8) is 0 Å². The van der Waals surface area contributed by atoms with Crippen molar-refractivity contribution in [2.45, 2.75) is 32.8 Å². The predicted molar refractivity (Wildman–Crippen MR) is 85.6 cm³/mol. The third-order valence-corrected chi connectivity index (χ3v) is 3.78. The first-order chi connectivity index (χ1) is 10.3. The molecule has 0 radical (unpaired) electrons. The Hall–Kier alpha value is -1.76. The lowest BCUT2D eigenvalue weighted by Crippen LogP contribution is -2.50. The molecule has 7 nitrogen and oxygen atoms in total. The molecule has 1 aliphatic heterocycles. The van der Waals surface area contributed by atoms with Gasteiger partial charge >= 0.3 is 6.09 Å². The second-order valence-corrected chi connectivity index (χ2v) is 6.73. The number of aromatic nitrogens is 2. The van der Waals surface area contributed by atoms with E-state index in [4.69, 9.17) is 10.5 Å². The number of carbonyl (C=O) groups is 1. The molecular formula is C15H27N5O2. The van der Waals surface area contributed by atoms with E-state index in [-0.39, 0.29) is 6.09 Å². The van der Waals surface area contributed by atoms with Crippen molar-refractivity contribution in [2.75, 3.05) is 38.5 Å². The lowest BCUT2D eigenvalue weighted by atomic mass is 10.2. The van der Waals surface area contributed by atoms with Gasteiger partial charge in [0.1, 0.15) is 5.60 Å². The van der Waals surface area contributed by atoms with Gasteiger partial charge in [0.25, 0.3) is 0 Å². The standard InChI is InChI=1S/C15H27N5O2/c1-15(2,3)22-14(21)20-9-7-19(8-10-20)6-5-13-12(16)11-17-18(13)4/h11H,5-10,16H2,1-4H3. The van der Waals surface area contributed by atoms with Crippen molar-refractivity contribution in [3.05, 3.63) is 11.9 Å². The molecule has 0 aliphatic carbocycles. The summed E-state index contributed by atoms with van der Waals surface area (Å²) in [4.78, 5) is 16.1. The van der Waals surface area contributed by atoms with Crippen LogP contribution in [0.25, 0.3) is 0 Å². The normalized spacial score (nSPS) is 16.8. The minimum atomic E-state index is -0.439. The summed E-state index contributed by atoms with van der Waals surface area (Å²) < 4.78 is 7.23. The molecule has 22 heavy (non-hydrogen) atoms. The Kier molecular flexibility index (Phi) is 4.95. The Morgan fingerprint density at radius 1 is 1.32 bits per heavy atom. The van der Waals surface area contributed by atoms with Crippen molar-refractivity contribution in [1.82, 2.24) is 19.6 Å². The van der Waals surface area contributed by atoms with Crippen molar-refractivity contribution in [3.8, 4) is 0 Å². The second-order valence-electron chi connectivity index (χ2n) is 6.73. The van der Waals surface area contributed by atoms with Crippen LogP contribution >= 0.6 is 0 Å². The van der Waals surface area contributed by atoms with Gasteiger partial charge in [-0.15, -0.1) is 0 Å². The fourth-order valence-corrected chi connectivity index (χ4v) is 2.53. The molecule has 0 saturated carbocycles. The van der Waals surface area contributed by atoms with E-state index in [0.717, 1.165) is 37.4 Å². The summed E-state index contributed by atoms with van der Waals surface area (Å²) >= 11 is 0. The number of aryl methyl sites for hydroxylation is 1. The zero-order valence-electron chi connectivity index (χ0n) is 14.0. The van der Waals surface area contributed by atoms with Gasteiger partial charge in [0.15, 0.2) is 0 Å². The number of nitrogen functional groups attached to an aromatic ring is 1. The third kappa shape index (κ3) is 4.37. The molecule has 1 aromatic rings. The number of rotatable bonds is 3. The van der Waals surface area contributed by atoms with Gasteiger partial charge in [-0.1, -0.05) is 0 Å². The summed E-state index contributed by atoms with van der Waals surface area (Å²) in [5.74, 6) is 0. The molecule has 0 bridgehead atoms. The number of hydrogen-bond acceptors (Lipinski definition) is 5. The summed E-state index contributed by atoms with van der Waals surface area (Å²) in [7, 11) is 1.91. The molecule has 1 aliphatic rings.